The Hall–Kier alpha value is -2.10. The van der Waals surface area contributed by atoms with Gasteiger partial charge in [0.15, 0.2) is 17.4 Å². The first-order chi connectivity index (χ1) is 19.3. The first-order valence-corrected chi connectivity index (χ1v) is 18.9. The minimum Gasteiger partial charge on any atom is -0.454 e. The second-order valence-electron chi connectivity index (χ2n) is 9.43. The summed E-state index contributed by atoms with van der Waals surface area (Å²) in [5, 5.41) is 0.875. The molecule has 5 rings (SSSR count). The van der Waals surface area contributed by atoms with Crippen LogP contribution in [0, 0.1) is 18.6 Å². The SMILES string of the molecule is Cc1c(Oc2ccc(F)c(-c3ncc(C(C)(CCC=O)c4ccccc4)n3SI)c2)c(F)cc2c1ccn2SI. The Labute approximate surface area is 263 Å². The van der Waals surface area contributed by atoms with Crippen molar-refractivity contribution in [3.05, 3.63) is 102 Å². The maximum absolute atomic E-state index is 15.3. The quantitative estimate of drug-likeness (QED) is 0.104. The van der Waals surface area contributed by atoms with Gasteiger partial charge in [0.1, 0.15) is 17.9 Å². The van der Waals surface area contributed by atoms with E-state index in [2.05, 4.69) is 54.3 Å². The highest BCUT2D eigenvalue weighted by molar-refractivity contribution is 14.2. The molecule has 0 aliphatic carbocycles. The number of hydrogen-bond acceptors (Lipinski definition) is 5. The third-order valence-electron chi connectivity index (χ3n) is 7.12. The van der Waals surface area contributed by atoms with Crippen molar-refractivity contribution in [2.24, 2.45) is 0 Å². The molecule has 0 saturated heterocycles. The molecule has 0 radical (unpaired) electrons. The Morgan fingerprint density at radius 2 is 1.82 bits per heavy atom. The fraction of sp³-hybridized carbons (Fsp3) is 0.172. The van der Waals surface area contributed by atoms with Crippen LogP contribution in [0.5, 0.6) is 11.5 Å². The molecule has 0 aliphatic heterocycles. The molecule has 1 atom stereocenters. The molecule has 0 spiro atoms. The number of ether oxygens (including phenoxy) is 1. The molecule has 206 valence electrons. The molecule has 2 heterocycles. The van der Waals surface area contributed by atoms with Gasteiger partial charge in [-0.15, -0.1) is 0 Å². The molecule has 0 amide bonds. The van der Waals surface area contributed by atoms with Crippen LogP contribution in [0.4, 0.5) is 8.78 Å². The van der Waals surface area contributed by atoms with Crippen molar-refractivity contribution in [2.45, 2.75) is 32.1 Å². The number of aryl methyl sites for hydroxylation is 1. The average Bonchev–Trinajstić information content (AvgIpc) is 3.59. The zero-order chi connectivity index (χ0) is 28.4. The van der Waals surface area contributed by atoms with Gasteiger partial charge in [-0.25, -0.2) is 13.8 Å². The monoisotopic (exact) mass is 801 g/mol. The summed E-state index contributed by atoms with van der Waals surface area (Å²) in [6.45, 7) is 3.88. The molecule has 11 heteroatoms. The number of benzene rings is 3. The fourth-order valence-corrected chi connectivity index (χ4v) is 8.04. The molecule has 0 aliphatic rings. The van der Waals surface area contributed by atoms with E-state index in [1.54, 1.807) is 12.3 Å². The molecule has 0 N–H and O–H groups in total. The molecule has 5 aromatic rings. The zero-order valence-corrected chi connectivity index (χ0v) is 27.4. The Balaban J connectivity index is 1.57. The second-order valence-corrected chi connectivity index (χ2v) is 12.8. The third-order valence-corrected chi connectivity index (χ3v) is 10.5. The highest BCUT2D eigenvalue weighted by Crippen LogP contribution is 2.43. The summed E-state index contributed by atoms with van der Waals surface area (Å²) in [5.74, 6) is -0.189. The van der Waals surface area contributed by atoms with E-state index in [9.17, 15) is 4.79 Å². The average molecular weight is 801 g/mol. The molecular weight excluding hydrogens is 778 g/mol. The van der Waals surface area contributed by atoms with Gasteiger partial charge >= 0.3 is 0 Å². The number of aromatic nitrogens is 3. The number of carbonyl (C=O) groups is 1. The van der Waals surface area contributed by atoms with E-state index in [1.807, 2.05) is 57.5 Å². The number of fused-ring (bicyclic) bond motifs is 1. The van der Waals surface area contributed by atoms with E-state index < -0.39 is 17.0 Å². The summed E-state index contributed by atoms with van der Waals surface area (Å²) in [5.41, 5.74) is 2.97. The van der Waals surface area contributed by atoms with Crippen molar-refractivity contribution in [2.75, 3.05) is 0 Å². The first kappa shape index (κ1) is 29.4. The number of imidazole rings is 1. The van der Waals surface area contributed by atoms with Crippen molar-refractivity contribution in [3.8, 4) is 22.9 Å². The van der Waals surface area contributed by atoms with Crippen LogP contribution in [0.3, 0.4) is 0 Å². The molecule has 3 aromatic carbocycles. The Kier molecular flexibility index (Phi) is 9.12. The molecule has 40 heavy (non-hydrogen) atoms. The van der Waals surface area contributed by atoms with E-state index >= 15 is 8.78 Å². The van der Waals surface area contributed by atoms with E-state index in [1.165, 1.54) is 36.4 Å². The minimum atomic E-state index is -0.543. The second kappa shape index (κ2) is 12.4. The topological polar surface area (TPSA) is 49.0 Å². The number of aldehydes is 1. The van der Waals surface area contributed by atoms with Gasteiger partial charge in [-0.3, -0.25) is 7.94 Å². The largest absolute Gasteiger partial charge is 0.454 e. The molecule has 0 fully saturated rings. The summed E-state index contributed by atoms with van der Waals surface area (Å²) in [6.07, 6.45) is 5.46. The lowest BCUT2D eigenvalue weighted by Gasteiger charge is -2.30. The molecule has 0 saturated carbocycles. The highest BCUT2D eigenvalue weighted by atomic mass is 127. The molecule has 1 unspecified atom stereocenters. The van der Waals surface area contributed by atoms with Gasteiger partial charge in [-0.05, 0) is 50.1 Å². The Morgan fingerprint density at radius 1 is 1.05 bits per heavy atom. The Bertz CT molecular complexity index is 1690. The van der Waals surface area contributed by atoms with Gasteiger partial charge in [0.25, 0.3) is 0 Å². The normalized spacial score (nSPS) is 12.9. The smallest absolute Gasteiger partial charge is 0.168 e. The fourth-order valence-electron chi connectivity index (χ4n) is 4.95. The molecular formula is C29H23F2I2N3O2S2. The van der Waals surface area contributed by atoms with Crippen molar-refractivity contribution < 1.29 is 18.3 Å². The van der Waals surface area contributed by atoms with Gasteiger partial charge < -0.3 is 9.53 Å². The predicted octanol–water partition coefficient (Wildman–Crippen LogP) is 9.86. The number of rotatable bonds is 10. The van der Waals surface area contributed by atoms with Crippen LogP contribution in [0.1, 0.15) is 36.6 Å². The summed E-state index contributed by atoms with van der Waals surface area (Å²) in [4.78, 5) is 16.0. The molecule has 0 bridgehead atoms. The van der Waals surface area contributed by atoms with Crippen molar-refractivity contribution in [3.63, 3.8) is 0 Å². The van der Waals surface area contributed by atoms with Gasteiger partial charge in [-0.2, -0.15) is 0 Å². The number of halogens is 4. The van der Waals surface area contributed by atoms with Gasteiger partial charge in [-0.1, -0.05) is 30.3 Å². The summed E-state index contributed by atoms with van der Waals surface area (Å²) >= 11 is 4.30. The number of carbonyl (C=O) groups excluding carboxylic acids is 1. The highest BCUT2D eigenvalue weighted by Gasteiger charge is 2.34. The van der Waals surface area contributed by atoms with Crippen LogP contribution in [0.25, 0.3) is 22.3 Å². The standard InChI is InChI=1S/C29H23F2I2N3O2S2/c1-18-21-11-13-35(39-32)25(21)16-24(31)27(18)38-20-9-10-23(30)22(15-20)28-34-17-26(36(28)40-33)29(2,12-6-14-37)19-7-4-3-5-8-19/h3-5,7-11,13-17H,6,12H2,1-2H3. The molecule has 5 nitrogen and oxygen atoms in total. The third kappa shape index (κ3) is 5.41. The summed E-state index contributed by atoms with van der Waals surface area (Å²) in [6, 6.07) is 17.6. The van der Waals surface area contributed by atoms with E-state index in [0.29, 0.717) is 30.0 Å². The number of hydrogen-bond donors (Lipinski definition) is 0. The lowest BCUT2D eigenvalue weighted by Crippen LogP contribution is -2.26. The number of nitrogens with zero attached hydrogens (tertiary/aromatic N) is 3. The zero-order valence-electron chi connectivity index (χ0n) is 21.4. The van der Waals surface area contributed by atoms with E-state index in [-0.39, 0.29) is 11.3 Å². The van der Waals surface area contributed by atoms with Crippen LogP contribution in [-0.4, -0.2) is 19.2 Å². The van der Waals surface area contributed by atoms with E-state index in [4.69, 9.17) is 4.74 Å². The van der Waals surface area contributed by atoms with Crippen LogP contribution in [0.15, 0.2) is 73.1 Å². The van der Waals surface area contributed by atoms with Gasteiger partial charge in [0, 0.05) is 95.7 Å². The van der Waals surface area contributed by atoms with Gasteiger partial charge in [0.05, 0.1) is 23.0 Å². The van der Waals surface area contributed by atoms with Crippen molar-refractivity contribution in [1.29, 1.82) is 0 Å². The Morgan fingerprint density at radius 3 is 2.52 bits per heavy atom. The first-order valence-electron chi connectivity index (χ1n) is 12.3. The maximum Gasteiger partial charge on any atom is 0.168 e. The predicted molar refractivity (Wildman–Crippen MR) is 177 cm³/mol. The molecule has 2 aromatic heterocycles. The van der Waals surface area contributed by atoms with Crippen LogP contribution in [-0.2, 0) is 10.2 Å². The van der Waals surface area contributed by atoms with E-state index in [0.717, 1.165) is 28.4 Å². The van der Waals surface area contributed by atoms with Gasteiger partial charge in [0.2, 0.25) is 0 Å². The van der Waals surface area contributed by atoms with Crippen molar-refractivity contribution in [1.82, 2.24) is 12.9 Å². The lowest BCUT2D eigenvalue weighted by molar-refractivity contribution is -0.108. The van der Waals surface area contributed by atoms with Crippen LogP contribution in [0.2, 0.25) is 0 Å². The lowest BCUT2D eigenvalue weighted by atomic mass is 9.76. The maximum atomic E-state index is 15.3. The summed E-state index contributed by atoms with van der Waals surface area (Å²) in [7, 11) is 2.82. The minimum absolute atomic E-state index is 0.0964. The van der Waals surface area contributed by atoms with Crippen LogP contribution >= 0.6 is 60.6 Å². The van der Waals surface area contributed by atoms with Crippen molar-refractivity contribution >= 4 is 77.8 Å². The van der Waals surface area contributed by atoms with Crippen LogP contribution < -0.4 is 4.74 Å². The summed E-state index contributed by atoms with van der Waals surface area (Å²) < 4.78 is 40.3.